The summed E-state index contributed by atoms with van der Waals surface area (Å²) in [5.41, 5.74) is 1.54. The quantitative estimate of drug-likeness (QED) is 0.774. The van der Waals surface area contributed by atoms with Gasteiger partial charge in [-0.2, -0.15) is 0 Å². The van der Waals surface area contributed by atoms with Gasteiger partial charge in [-0.1, -0.05) is 41.9 Å². The van der Waals surface area contributed by atoms with Crippen molar-refractivity contribution < 1.29 is 14.3 Å². The molecule has 0 unspecified atom stereocenters. The molecule has 0 aliphatic carbocycles. The summed E-state index contributed by atoms with van der Waals surface area (Å²) in [6.45, 7) is 0.269. The molecule has 2 N–H and O–H groups in total. The zero-order chi connectivity index (χ0) is 17.8. The van der Waals surface area contributed by atoms with E-state index in [0.29, 0.717) is 27.0 Å². The van der Waals surface area contributed by atoms with Gasteiger partial charge >= 0.3 is 0 Å². The van der Waals surface area contributed by atoms with Gasteiger partial charge in [-0.05, 0) is 30.0 Å². The Morgan fingerprint density at radius 3 is 2.72 bits per heavy atom. The predicted molar refractivity (Wildman–Crippen MR) is 100 cm³/mol. The monoisotopic (exact) mass is 374 g/mol. The Morgan fingerprint density at radius 1 is 1.24 bits per heavy atom. The SMILES string of the molecule is COc1cccc(/C=C2\SC(=N)NC2=O)c1OCc1ccccc1Cl. The average Bonchev–Trinajstić information content (AvgIpc) is 2.92. The first-order valence-corrected chi connectivity index (χ1v) is 8.60. The zero-order valence-corrected chi connectivity index (χ0v) is 14.9. The normalized spacial score (nSPS) is 15.4. The van der Waals surface area contributed by atoms with Crippen LogP contribution in [0.15, 0.2) is 47.4 Å². The lowest BCUT2D eigenvalue weighted by atomic mass is 10.1. The molecule has 25 heavy (non-hydrogen) atoms. The Balaban J connectivity index is 1.92. The number of thioether (sulfide) groups is 1. The molecule has 128 valence electrons. The Morgan fingerprint density at radius 2 is 2.04 bits per heavy atom. The number of nitrogens with one attached hydrogen (secondary N) is 2. The number of halogens is 1. The summed E-state index contributed by atoms with van der Waals surface area (Å²) in [4.78, 5) is 12.3. The molecule has 3 rings (SSSR count). The van der Waals surface area contributed by atoms with E-state index in [1.165, 1.54) is 0 Å². The van der Waals surface area contributed by atoms with Crippen molar-refractivity contribution >= 4 is 40.5 Å². The van der Waals surface area contributed by atoms with Crippen LogP contribution in [0, 0.1) is 5.41 Å². The first kappa shape index (κ1) is 17.4. The van der Waals surface area contributed by atoms with Gasteiger partial charge in [0.1, 0.15) is 6.61 Å². The van der Waals surface area contributed by atoms with Crippen molar-refractivity contribution in [2.24, 2.45) is 0 Å². The number of hydrogen-bond acceptors (Lipinski definition) is 5. The molecule has 1 aliphatic rings. The summed E-state index contributed by atoms with van der Waals surface area (Å²) < 4.78 is 11.3. The minimum Gasteiger partial charge on any atom is -0.493 e. The number of benzene rings is 2. The molecule has 1 heterocycles. The fraction of sp³-hybridized carbons (Fsp3) is 0.111. The van der Waals surface area contributed by atoms with Crippen molar-refractivity contribution in [3.05, 3.63) is 63.5 Å². The van der Waals surface area contributed by atoms with Crippen LogP contribution >= 0.6 is 23.4 Å². The second-order valence-electron chi connectivity index (χ2n) is 5.15. The molecule has 0 saturated carbocycles. The van der Waals surface area contributed by atoms with Crippen LogP contribution in [0.2, 0.25) is 5.02 Å². The Hall–Kier alpha value is -2.44. The predicted octanol–water partition coefficient (Wildman–Crippen LogP) is 4.07. The van der Waals surface area contributed by atoms with E-state index in [4.69, 9.17) is 26.5 Å². The molecule has 2 aromatic carbocycles. The zero-order valence-electron chi connectivity index (χ0n) is 13.3. The molecular weight excluding hydrogens is 360 g/mol. The van der Waals surface area contributed by atoms with Gasteiger partial charge in [0, 0.05) is 16.1 Å². The van der Waals surface area contributed by atoms with Crippen LogP contribution in [0.1, 0.15) is 11.1 Å². The number of methoxy groups -OCH3 is 1. The highest BCUT2D eigenvalue weighted by molar-refractivity contribution is 8.18. The molecule has 1 amide bonds. The van der Waals surface area contributed by atoms with Crippen molar-refractivity contribution in [2.45, 2.75) is 6.61 Å². The Bertz CT molecular complexity index is 867. The van der Waals surface area contributed by atoms with Gasteiger partial charge in [0.25, 0.3) is 5.91 Å². The number of carbonyl (C=O) groups is 1. The molecule has 0 bridgehead atoms. The van der Waals surface area contributed by atoms with Crippen LogP contribution in [0.4, 0.5) is 0 Å². The minimum absolute atomic E-state index is 0.109. The van der Waals surface area contributed by atoms with Crippen molar-refractivity contribution in [1.29, 1.82) is 5.41 Å². The molecule has 0 aromatic heterocycles. The highest BCUT2D eigenvalue weighted by atomic mass is 35.5. The maximum atomic E-state index is 11.8. The standard InChI is InChI=1S/C18H15ClN2O3S/c1-23-14-8-4-6-11(9-15-17(22)21-18(20)25-15)16(14)24-10-12-5-2-3-7-13(12)19/h2-9H,10H2,1H3,(H2,20,21,22)/b15-9-. The van der Waals surface area contributed by atoms with Crippen LogP contribution < -0.4 is 14.8 Å². The summed E-state index contributed by atoms with van der Waals surface area (Å²) in [6.07, 6.45) is 1.69. The van der Waals surface area contributed by atoms with Gasteiger partial charge in [0.2, 0.25) is 0 Å². The molecule has 1 saturated heterocycles. The number of hydrogen-bond donors (Lipinski definition) is 2. The van der Waals surface area contributed by atoms with Crippen molar-refractivity contribution in [3.8, 4) is 11.5 Å². The third kappa shape index (κ3) is 3.97. The summed E-state index contributed by atoms with van der Waals surface area (Å²) in [6, 6.07) is 12.9. The van der Waals surface area contributed by atoms with Gasteiger partial charge in [-0.25, -0.2) is 0 Å². The first-order chi connectivity index (χ1) is 12.1. The summed E-state index contributed by atoms with van der Waals surface area (Å²) >= 11 is 7.25. The highest BCUT2D eigenvalue weighted by Gasteiger charge is 2.23. The van der Waals surface area contributed by atoms with Crippen LogP contribution in [0.25, 0.3) is 6.08 Å². The van der Waals surface area contributed by atoms with Crippen LogP contribution in [0.5, 0.6) is 11.5 Å². The van der Waals surface area contributed by atoms with Crippen molar-refractivity contribution in [2.75, 3.05) is 7.11 Å². The molecule has 1 fully saturated rings. The Labute approximate surface area is 154 Å². The van der Waals surface area contributed by atoms with Crippen LogP contribution in [-0.2, 0) is 11.4 Å². The summed E-state index contributed by atoms with van der Waals surface area (Å²) in [5, 5.41) is 10.7. The number of para-hydroxylation sites is 1. The number of rotatable bonds is 5. The maximum Gasteiger partial charge on any atom is 0.264 e. The lowest BCUT2D eigenvalue weighted by Crippen LogP contribution is -2.18. The number of ether oxygens (including phenoxy) is 2. The van der Waals surface area contributed by atoms with Gasteiger partial charge in [0.05, 0.1) is 12.0 Å². The number of carbonyl (C=O) groups excluding carboxylic acids is 1. The topological polar surface area (TPSA) is 71.4 Å². The molecular formula is C18H15ClN2O3S. The largest absolute Gasteiger partial charge is 0.493 e. The average molecular weight is 375 g/mol. The maximum absolute atomic E-state index is 11.8. The molecule has 0 radical (unpaired) electrons. The second-order valence-corrected chi connectivity index (χ2v) is 6.61. The van der Waals surface area contributed by atoms with Crippen molar-refractivity contribution in [1.82, 2.24) is 5.32 Å². The lowest BCUT2D eigenvalue weighted by molar-refractivity contribution is -0.115. The van der Waals surface area contributed by atoms with Gasteiger partial charge in [0.15, 0.2) is 16.7 Å². The fourth-order valence-electron chi connectivity index (χ4n) is 2.31. The van der Waals surface area contributed by atoms with Gasteiger partial charge in [-0.15, -0.1) is 0 Å². The van der Waals surface area contributed by atoms with E-state index in [9.17, 15) is 4.79 Å². The second kappa shape index (κ2) is 7.63. The molecule has 7 heteroatoms. The van der Waals surface area contributed by atoms with E-state index >= 15 is 0 Å². The van der Waals surface area contributed by atoms with E-state index < -0.39 is 0 Å². The van der Waals surface area contributed by atoms with Crippen LogP contribution in [-0.4, -0.2) is 18.2 Å². The number of amidine groups is 1. The first-order valence-electron chi connectivity index (χ1n) is 7.41. The fourth-order valence-corrected chi connectivity index (χ4v) is 3.19. The third-order valence-electron chi connectivity index (χ3n) is 3.51. The van der Waals surface area contributed by atoms with E-state index in [-0.39, 0.29) is 17.7 Å². The molecule has 2 aromatic rings. The molecule has 0 spiro atoms. The molecule has 5 nitrogen and oxygen atoms in total. The van der Waals surface area contributed by atoms with Crippen LogP contribution in [0.3, 0.4) is 0 Å². The lowest BCUT2D eigenvalue weighted by Gasteiger charge is -2.14. The molecule has 0 atom stereocenters. The van der Waals surface area contributed by atoms with Gasteiger partial charge in [-0.3, -0.25) is 10.2 Å². The highest BCUT2D eigenvalue weighted by Crippen LogP contribution is 2.35. The van der Waals surface area contributed by atoms with Gasteiger partial charge < -0.3 is 14.8 Å². The van der Waals surface area contributed by atoms with Crippen molar-refractivity contribution in [3.63, 3.8) is 0 Å². The minimum atomic E-state index is -0.296. The smallest absolute Gasteiger partial charge is 0.264 e. The third-order valence-corrected chi connectivity index (χ3v) is 4.71. The van der Waals surface area contributed by atoms with E-state index in [0.717, 1.165) is 17.3 Å². The summed E-state index contributed by atoms with van der Waals surface area (Å²) in [5.74, 6) is 0.777. The van der Waals surface area contributed by atoms with E-state index in [2.05, 4.69) is 5.32 Å². The van der Waals surface area contributed by atoms with E-state index in [1.807, 2.05) is 30.3 Å². The number of amides is 1. The van der Waals surface area contributed by atoms with E-state index in [1.54, 1.807) is 25.3 Å². The molecule has 1 aliphatic heterocycles. The summed E-state index contributed by atoms with van der Waals surface area (Å²) in [7, 11) is 1.56. The Kier molecular flexibility index (Phi) is 5.31.